The van der Waals surface area contributed by atoms with Crippen molar-refractivity contribution >= 4 is 17.7 Å². The second kappa shape index (κ2) is 9.89. The minimum atomic E-state index is -0.933. The molecular formula is C10H23N3O2S. The molecule has 6 N–H and O–H groups in total. The molecular weight excluding hydrogens is 226 g/mol. The van der Waals surface area contributed by atoms with Gasteiger partial charge in [-0.3, -0.25) is 4.79 Å². The molecule has 2 atom stereocenters. The summed E-state index contributed by atoms with van der Waals surface area (Å²) in [7, 11) is 0. The third-order valence-corrected chi connectivity index (χ3v) is 3.29. The number of hydrogen-bond donors (Lipinski definition) is 4. The smallest absolute Gasteiger partial charge is 0.320 e. The Morgan fingerprint density at radius 3 is 2.62 bits per heavy atom. The Kier molecular flexibility index (Phi) is 9.71. The first-order chi connectivity index (χ1) is 7.57. The molecule has 0 aromatic heterocycles. The summed E-state index contributed by atoms with van der Waals surface area (Å²) in [6.07, 6.45) is 2.16. The minimum absolute atomic E-state index is 0.520. The highest BCUT2D eigenvalue weighted by molar-refractivity contribution is 8.00. The van der Waals surface area contributed by atoms with Gasteiger partial charge in [0.1, 0.15) is 6.04 Å². The highest BCUT2D eigenvalue weighted by Gasteiger charge is 2.09. The van der Waals surface area contributed by atoms with Gasteiger partial charge >= 0.3 is 5.97 Å². The van der Waals surface area contributed by atoms with Crippen LogP contribution in [0.1, 0.15) is 26.2 Å². The molecule has 1 aliphatic heterocycles. The first-order valence-corrected chi connectivity index (χ1v) is 6.66. The van der Waals surface area contributed by atoms with Gasteiger partial charge in [-0.15, -0.1) is 11.8 Å². The summed E-state index contributed by atoms with van der Waals surface area (Å²) in [5, 5.41) is 12.3. The molecule has 96 valence electrons. The van der Waals surface area contributed by atoms with E-state index in [1.54, 1.807) is 0 Å². The van der Waals surface area contributed by atoms with Crippen molar-refractivity contribution in [2.75, 3.05) is 18.8 Å². The van der Waals surface area contributed by atoms with Gasteiger partial charge in [0, 0.05) is 12.3 Å². The summed E-state index contributed by atoms with van der Waals surface area (Å²) in [4.78, 5) is 10.1. The van der Waals surface area contributed by atoms with E-state index in [1.807, 2.05) is 11.8 Å². The van der Waals surface area contributed by atoms with Gasteiger partial charge in [0.15, 0.2) is 0 Å². The van der Waals surface area contributed by atoms with Crippen LogP contribution in [0.25, 0.3) is 0 Å². The molecule has 1 heterocycles. The Hall–Kier alpha value is -0.300. The molecule has 0 bridgehead atoms. The zero-order valence-electron chi connectivity index (χ0n) is 9.82. The van der Waals surface area contributed by atoms with Crippen LogP contribution in [0.5, 0.6) is 0 Å². The average Bonchev–Trinajstić information content (AvgIpc) is 2.70. The number of aliphatic carboxylic acids is 1. The fraction of sp³-hybridized carbons (Fsp3) is 0.900. The summed E-state index contributed by atoms with van der Waals surface area (Å²) in [5.74, 6) is 0.360. The van der Waals surface area contributed by atoms with Gasteiger partial charge in [-0.25, -0.2) is 0 Å². The number of rotatable bonds is 5. The van der Waals surface area contributed by atoms with Crippen molar-refractivity contribution < 1.29 is 9.90 Å². The van der Waals surface area contributed by atoms with Crippen LogP contribution in [0.2, 0.25) is 0 Å². The van der Waals surface area contributed by atoms with Gasteiger partial charge in [-0.1, -0.05) is 6.42 Å². The van der Waals surface area contributed by atoms with Crippen molar-refractivity contribution in [1.29, 1.82) is 0 Å². The maximum atomic E-state index is 10.1. The normalized spacial score (nSPS) is 21.1. The highest BCUT2D eigenvalue weighted by atomic mass is 32.2. The molecule has 0 radical (unpaired) electrons. The van der Waals surface area contributed by atoms with E-state index in [0.29, 0.717) is 18.3 Å². The van der Waals surface area contributed by atoms with Crippen LogP contribution in [0.4, 0.5) is 0 Å². The molecule has 1 rings (SSSR count). The van der Waals surface area contributed by atoms with Crippen LogP contribution in [0.3, 0.4) is 0 Å². The van der Waals surface area contributed by atoms with Crippen molar-refractivity contribution in [1.82, 2.24) is 5.32 Å². The zero-order chi connectivity index (χ0) is 12.4. The van der Waals surface area contributed by atoms with E-state index in [-0.39, 0.29) is 0 Å². The fourth-order valence-electron chi connectivity index (χ4n) is 1.19. The quantitative estimate of drug-likeness (QED) is 0.519. The molecule has 0 spiro atoms. The van der Waals surface area contributed by atoms with E-state index in [2.05, 4.69) is 12.2 Å². The topological polar surface area (TPSA) is 101 Å². The average molecular weight is 249 g/mol. The van der Waals surface area contributed by atoms with Crippen molar-refractivity contribution in [3.63, 3.8) is 0 Å². The number of thioether (sulfide) groups is 1. The fourth-order valence-corrected chi connectivity index (χ4v) is 2.01. The maximum absolute atomic E-state index is 10.1. The van der Waals surface area contributed by atoms with Gasteiger partial charge in [0.2, 0.25) is 0 Å². The maximum Gasteiger partial charge on any atom is 0.320 e. The van der Waals surface area contributed by atoms with Crippen molar-refractivity contribution in [2.45, 2.75) is 37.6 Å². The second-order valence-corrected chi connectivity index (χ2v) is 5.15. The van der Waals surface area contributed by atoms with Gasteiger partial charge in [0.05, 0.1) is 5.37 Å². The molecule has 6 heteroatoms. The number of carboxylic acid groups (broad SMARTS) is 1. The summed E-state index contributed by atoms with van der Waals surface area (Å²) < 4.78 is 0. The third-order valence-electron chi connectivity index (χ3n) is 2.19. The Morgan fingerprint density at radius 2 is 2.31 bits per heavy atom. The minimum Gasteiger partial charge on any atom is -0.480 e. The molecule has 1 fully saturated rings. The lowest BCUT2D eigenvalue weighted by atomic mass is 10.1. The molecule has 1 aliphatic rings. The van der Waals surface area contributed by atoms with E-state index in [4.69, 9.17) is 16.6 Å². The summed E-state index contributed by atoms with van der Waals surface area (Å²) in [6.45, 7) is 4.00. The zero-order valence-corrected chi connectivity index (χ0v) is 10.6. The van der Waals surface area contributed by atoms with E-state index in [0.717, 1.165) is 12.8 Å². The van der Waals surface area contributed by atoms with Crippen LogP contribution in [0.15, 0.2) is 0 Å². The van der Waals surface area contributed by atoms with E-state index in [1.165, 1.54) is 12.3 Å². The molecule has 0 amide bonds. The standard InChI is InChI=1S/C6H14N2O2.C4H9NS/c7-4-2-1-3-5(8)6(9)10;1-4-5-2-3-6-4/h5H,1-4,7-8H2,(H,9,10);4-5H,2-3H2,1H3. The summed E-state index contributed by atoms with van der Waals surface area (Å²) in [6, 6.07) is -0.716. The molecule has 16 heavy (non-hydrogen) atoms. The SMILES string of the molecule is CC1NCCS1.NCCCCC(N)C(=O)O. The third kappa shape index (κ3) is 8.96. The number of unbranched alkanes of at least 4 members (excludes halogenated alkanes) is 1. The van der Waals surface area contributed by atoms with Crippen LogP contribution in [0, 0.1) is 0 Å². The molecule has 5 nitrogen and oxygen atoms in total. The van der Waals surface area contributed by atoms with Crippen molar-refractivity contribution in [3.05, 3.63) is 0 Å². The van der Waals surface area contributed by atoms with E-state index >= 15 is 0 Å². The number of nitrogens with two attached hydrogens (primary N) is 2. The summed E-state index contributed by atoms with van der Waals surface area (Å²) in [5.41, 5.74) is 10.4. The second-order valence-electron chi connectivity index (χ2n) is 3.70. The Bertz CT molecular complexity index is 187. The van der Waals surface area contributed by atoms with E-state index < -0.39 is 12.0 Å². The first-order valence-electron chi connectivity index (χ1n) is 5.61. The lowest BCUT2D eigenvalue weighted by Gasteiger charge is -2.03. The van der Waals surface area contributed by atoms with Gasteiger partial charge < -0.3 is 21.9 Å². The number of hydrogen-bond acceptors (Lipinski definition) is 5. The van der Waals surface area contributed by atoms with Crippen LogP contribution in [-0.4, -0.2) is 41.3 Å². The van der Waals surface area contributed by atoms with Crippen molar-refractivity contribution in [2.24, 2.45) is 11.5 Å². The molecule has 1 saturated heterocycles. The Labute approximate surface area is 101 Å². The highest BCUT2D eigenvalue weighted by Crippen LogP contribution is 2.10. The number of nitrogens with one attached hydrogen (secondary N) is 1. The van der Waals surface area contributed by atoms with Gasteiger partial charge in [-0.05, 0) is 26.3 Å². The molecule has 0 saturated carbocycles. The van der Waals surface area contributed by atoms with E-state index in [9.17, 15) is 4.79 Å². The van der Waals surface area contributed by atoms with Gasteiger partial charge in [0.25, 0.3) is 0 Å². The van der Waals surface area contributed by atoms with Crippen LogP contribution in [-0.2, 0) is 4.79 Å². The largest absolute Gasteiger partial charge is 0.480 e. The Morgan fingerprint density at radius 1 is 1.62 bits per heavy atom. The lowest BCUT2D eigenvalue weighted by Crippen LogP contribution is -2.29. The summed E-state index contributed by atoms with van der Waals surface area (Å²) >= 11 is 1.99. The monoisotopic (exact) mass is 249 g/mol. The molecule has 0 aromatic carbocycles. The van der Waals surface area contributed by atoms with Gasteiger partial charge in [-0.2, -0.15) is 0 Å². The molecule has 2 unspecified atom stereocenters. The van der Waals surface area contributed by atoms with Crippen LogP contribution >= 0.6 is 11.8 Å². The number of carbonyl (C=O) groups is 1. The predicted molar refractivity (Wildman–Crippen MR) is 68.4 cm³/mol. The number of carboxylic acids is 1. The van der Waals surface area contributed by atoms with Crippen molar-refractivity contribution in [3.8, 4) is 0 Å². The first kappa shape index (κ1) is 15.7. The Balaban J connectivity index is 0.000000315. The predicted octanol–water partition coefficient (Wildman–Crippen LogP) is 0.196. The molecule has 0 aliphatic carbocycles. The lowest BCUT2D eigenvalue weighted by molar-refractivity contribution is -0.138. The molecule has 0 aromatic rings. The van der Waals surface area contributed by atoms with Crippen LogP contribution < -0.4 is 16.8 Å².